The molecule has 5 aliphatic rings. The summed E-state index contributed by atoms with van der Waals surface area (Å²) in [6.45, 7) is 0. The Morgan fingerprint density at radius 2 is 1.79 bits per heavy atom. The van der Waals surface area contributed by atoms with Gasteiger partial charge in [0.25, 0.3) is 0 Å². The molecule has 4 bridgehead atoms. The third-order valence-electron chi connectivity index (χ3n) is 8.28. The van der Waals surface area contributed by atoms with Crippen LogP contribution in [0.2, 0.25) is 0 Å². The molecule has 1 amide bonds. The van der Waals surface area contributed by atoms with Gasteiger partial charge in [-0.25, -0.2) is 0 Å². The van der Waals surface area contributed by atoms with Gasteiger partial charge in [0.15, 0.2) is 0 Å². The normalized spacial score (nSPS) is 44.1. The average Bonchev–Trinajstić information content (AvgIpc) is 2.69. The van der Waals surface area contributed by atoms with Crippen molar-refractivity contribution in [1.82, 2.24) is 5.32 Å². The van der Waals surface area contributed by atoms with Crippen LogP contribution < -0.4 is 11.1 Å². The van der Waals surface area contributed by atoms with E-state index in [1.807, 2.05) is 0 Å². The lowest BCUT2D eigenvalue weighted by molar-refractivity contribution is -0.156. The highest BCUT2D eigenvalue weighted by Crippen LogP contribution is 2.70. The number of hydrogen-bond donors (Lipinski definition) is 2. The molecule has 4 nitrogen and oxygen atoms in total. The Labute approximate surface area is 167 Å². The number of nitriles is 1. The molecule has 0 saturated heterocycles. The Bertz CT molecular complexity index is 809. The molecule has 148 valence electrons. The lowest BCUT2D eigenvalue weighted by Crippen LogP contribution is -2.63. The van der Waals surface area contributed by atoms with Crippen molar-refractivity contribution in [1.29, 1.82) is 5.26 Å². The molecule has 0 aromatic heterocycles. The Balaban J connectivity index is 1.46. The smallest absolute Gasteiger partial charge is 0.226 e. The first-order valence-electron chi connectivity index (χ1n) is 11.0. The largest absolute Gasteiger partial charge is 0.353 e. The predicted molar refractivity (Wildman–Crippen MR) is 108 cm³/mol. The van der Waals surface area contributed by atoms with E-state index in [1.165, 1.54) is 5.56 Å². The van der Waals surface area contributed by atoms with E-state index in [4.69, 9.17) is 5.73 Å². The summed E-state index contributed by atoms with van der Waals surface area (Å²) in [5, 5.41) is 13.5. The summed E-state index contributed by atoms with van der Waals surface area (Å²) in [4.78, 5) is 13.6. The van der Waals surface area contributed by atoms with Crippen molar-refractivity contribution in [3.63, 3.8) is 0 Å². The first-order chi connectivity index (χ1) is 13.5. The molecule has 5 fully saturated rings. The molecule has 4 unspecified atom stereocenters. The second-order valence-corrected chi connectivity index (χ2v) is 10.4. The van der Waals surface area contributed by atoms with E-state index >= 15 is 0 Å². The van der Waals surface area contributed by atoms with Gasteiger partial charge in [0.2, 0.25) is 5.91 Å². The lowest BCUT2D eigenvalue weighted by atomic mass is 9.38. The molecule has 0 radical (unpaired) electrons. The van der Waals surface area contributed by atoms with Crippen LogP contribution in [-0.2, 0) is 10.2 Å². The number of hydrogen-bond acceptors (Lipinski definition) is 3. The van der Waals surface area contributed by atoms with Crippen LogP contribution in [0.5, 0.6) is 0 Å². The molecule has 4 heteroatoms. The topological polar surface area (TPSA) is 78.9 Å². The van der Waals surface area contributed by atoms with Gasteiger partial charge < -0.3 is 11.1 Å². The number of nitrogens with zero attached hydrogens (tertiary/aromatic N) is 1. The van der Waals surface area contributed by atoms with E-state index in [1.54, 1.807) is 0 Å². The first kappa shape index (κ1) is 18.2. The van der Waals surface area contributed by atoms with Gasteiger partial charge in [-0.2, -0.15) is 5.26 Å². The molecule has 0 aliphatic heterocycles. The summed E-state index contributed by atoms with van der Waals surface area (Å²) in [6.07, 6.45) is 9.61. The molecule has 3 N–H and O–H groups in total. The Kier molecular flexibility index (Phi) is 4.11. The molecule has 0 spiro atoms. The molecule has 5 aliphatic carbocycles. The maximum atomic E-state index is 13.6. The number of carbonyl (C=O) groups is 1. The predicted octanol–water partition coefficient (Wildman–Crippen LogP) is 3.80. The molecule has 1 aromatic rings. The standard InChI is InChI=1S/C24H31N3O/c25-16-22-10-17-11-23(13-22,18-4-2-1-3-5-18)15-24(12-17,14-22)21(28)27-20-8-6-19(26)7-9-20/h1-5,17,19-20H,6-15,26H2,(H,27,28)/t17?,19-,20-,22?,23?,24?. The highest BCUT2D eigenvalue weighted by atomic mass is 16.2. The van der Waals surface area contributed by atoms with Crippen LogP contribution in [0.1, 0.15) is 69.8 Å². The molecular weight excluding hydrogens is 346 g/mol. The minimum Gasteiger partial charge on any atom is -0.353 e. The van der Waals surface area contributed by atoms with Crippen molar-refractivity contribution in [3.05, 3.63) is 35.9 Å². The van der Waals surface area contributed by atoms with Gasteiger partial charge >= 0.3 is 0 Å². The zero-order valence-corrected chi connectivity index (χ0v) is 16.6. The van der Waals surface area contributed by atoms with Crippen LogP contribution in [0.15, 0.2) is 30.3 Å². The molecule has 5 saturated carbocycles. The van der Waals surface area contributed by atoms with Gasteiger partial charge in [0.05, 0.1) is 16.9 Å². The number of amides is 1. The first-order valence-corrected chi connectivity index (χ1v) is 11.0. The summed E-state index contributed by atoms with van der Waals surface area (Å²) >= 11 is 0. The quantitative estimate of drug-likeness (QED) is 0.841. The van der Waals surface area contributed by atoms with E-state index < -0.39 is 0 Å². The third kappa shape index (κ3) is 2.78. The molecule has 6 rings (SSSR count). The summed E-state index contributed by atoms with van der Waals surface area (Å²) in [5.41, 5.74) is 6.66. The fourth-order valence-corrected chi connectivity index (χ4v) is 7.53. The van der Waals surface area contributed by atoms with Crippen LogP contribution in [0.25, 0.3) is 0 Å². The van der Waals surface area contributed by atoms with Crippen molar-refractivity contribution in [2.75, 3.05) is 0 Å². The second-order valence-electron chi connectivity index (χ2n) is 10.4. The number of benzene rings is 1. The van der Waals surface area contributed by atoms with Crippen molar-refractivity contribution >= 4 is 5.91 Å². The molecule has 4 atom stereocenters. The van der Waals surface area contributed by atoms with E-state index in [0.717, 1.165) is 64.2 Å². The Hall–Kier alpha value is -1.86. The number of nitrogens with one attached hydrogen (secondary N) is 1. The molecular formula is C24H31N3O. The summed E-state index contributed by atoms with van der Waals surface area (Å²) in [5.74, 6) is 0.707. The van der Waals surface area contributed by atoms with Crippen molar-refractivity contribution in [2.24, 2.45) is 22.5 Å². The van der Waals surface area contributed by atoms with Crippen LogP contribution in [0, 0.1) is 28.1 Å². The minimum absolute atomic E-state index is 0.0112. The zero-order chi connectivity index (χ0) is 19.4. The summed E-state index contributed by atoms with van der Waals surface area (Å²) in [6, 6.07) is 13.9. The summed E-state index contributed by atoms with van der Waals surface area (Å²) < 4.78 is 0. The SMILES string of the molecule is N#CC12CC3CC(C(=O)N[C@H]4CC[C@H](N)CC4)(C1)CC(c1ccccc1)(C3)C2. The molecule has 1 aromatic carbocycles. The fourth-order valence-electron chi connectivity index (χ4n) is 7.53. The maximum Gasteiger partial charge on any atom is 0.226 e. The van der Waals surface area contributed by atoms with Gasteiger partial charge in [-0.05, 0) is 81.1 Å². The number of carbonyl (C=O) groups excluding carboxylic acids is 1. The van der Waals surface area contributed by atoms with E-state index in [2.05, 4.69) is 41.7 Å². The van der Waals surface area contributed by atoms with Crippen LogP contribution >= 0.6 is 0 Å². The lowest BCUT2D eigenvalue weighted by Gasteiger charge is -2.64. The number of rotatable bonds is 3. The zero-order valence-electron chi connectivity index (χ0n) is 16.6. The van der Waals surface area contributed by atoms with Crippen molar-refractivity contribution < 1.29 is 4.79 Å². The Morgan fingerprint density at radius 3 is 2.50 bits per heavy atom. The van der Waals surface area contributed by atoms with Crippen LogP contribution in [-0.4, -0.2) is 18.0 Å². The van der Waals surface area contributed by atoms with E-state index in [0.29, 0.717) is 5.92 Å². The van der Waals surface area contributed by atoms with Gasteiger partial charge in [0.1, 0.15) is 0 Å². The second kappa shape index (κ2) is 6.32. The minimum atomic E-state index is -0.370. The molecule has 28 heavy (non-hydrogen) atoms. The average molecular weight is 378 g/mol. The highest BCUT2D eigenvalue weighted by Gasteiger charge is 2.66. The van der Waals surface area contributed by atoms with Gasteiger partial charge in [-0.3, -0.25) is 4.79 Å². The third-order valence-corrected chi connectivity index (χ3v) is 8.28. The Morgan fingerprint density at radius 1 is 1.04 bits per heavy atom. The molecule has 0 heterocycles. The van der Waals surface area contributed by atoms with Gasteiger partial charge in [-0.15, -0.1) is 0 Å². The highest BCUT2D eigenvalue weighted by molar-refractivity contribution is 5.84. The van der Waals surface area contributed by atoms with E-state index in [-0.39, 0.29) is 34.2 Å². The maximum absolute atomic E-state index is 13.6. The monoisotopic (exact) mass is 377 g/mol. The van der Waals surface area contributed by atoms with Crippen molar-refractivity contribution in [3.8, 4) is 6.07 Å². The fraction of sp³-hybridized carbons (Fsp3) is 0.667. The summed E-state index contributed by atoms with van der Waals surface area (Å²) in [7, 11) is 0. The van der Waals surface area contributed by atoms with E-state index in [9.17, 15) is 10.1 Å². The van der Waals surface area contributed by atoms with Crippen molar-refractivity contribution in [2.45, 2.75) is 81.7 Å². The van der Waals surface area contributed by atoms with Gasteiger partial charge in [0, 0.05) is 12.1 Å². The van der Waals surface area contributed by atoms with Crippen LogP contribution in [0.4, 0.5) is 0 Å². The van der Waals surface area contributed by atoms with Crippen LogP contribution in [0.3, 0.4) is 0 Å². The van der Waals surface area contributed by atoms with Gasteiger partial charge in [-0.1, -0.05) is 30.3 Å². The number of nitrogens with two attached hydrogens (primary N) is 1.